The summed E-state index contributed by atoms with van der Waals surface area (Å²) in [6, 6.07) is 8.60. The Balaban J connectivity index is 2.22. The summed E-state index contributed by atoms with van der Waals surface area (Å²) in [4.78, 5) is 10.9. The third kappa shape index (κ3) is 2.36. The molecule has 0 saturated heterocycles. The van der Waals surface area contributed by atoms with Crippen LogP contribution in [-0.2, 0) is 14.6 Å². The van der Waals surface area contributed by atoms with Crippen LogP contribution < -0.4 is 11.1 Å². The predicted octanol–water partition coefficient (Wildman–Crippen LogP) is 2.02. The Morgan fingerprint density at radius 3 is 2.43 bits per heavy atom. The molecule has 0 bridgehead atoms. The van der Waals surface area contributed by atoms with Crippen LogP contribution in [0.4, 0.5) is 14.5 Å². The number of carbonyl (C=O) groups is 1. The van der Waals surface area contributed by atoms with Crippen LogP contribution in [0.15, 0.2) is 52.3 Å². The van der Waals surface area contributed by atoms with E-state index >= 15 is 0 Å². The van der Waals surface area contributed by atoms with E-state index in [9.17, 15) is 22.0 Å². The average molecular weight is 336 g/mol. The first-order valence-corrected chi connectivity index (χ1v) is 7.91. The Hall–Kier alpha value is -2.74. The molecule has 2 aromatic carbocycles. The van der Waals surface area contributed by atoms with Crippen LogP contribution in [0.5, 0.6) is 0 Å². The minimum atomic E-state index is -4.09. The number of anilines is 1. The van der Waals surface area contributed by atoms with Crippen molar-refractivity contribution in [2.24, 2.45) is 5.73 Å². The van der Waals surface area contributed by atoms with Gasteiger partial charge in [-0.25, -0.2) is 17.2 Å². The zero-order valence-corrected chi connectivity index (χ0v) is 12.3. The molecule has 0 atom stereocenters. The van der Waals surface area contributed by atoms with Crippen LogP contribution >= 0.6 is 0 Å². The zero-order chi connectivity index (χ0) is 16.8. The number of hydrogen-bond donors (Lipinski definition) is 2. The van der Waals surface area contributed by atoms with E-state index in [0.29, 0.717) is 6.07 Å². The van der Waals surface area contributed by atoms with E-state index in [1.165, 1.54) is 18.2 Å². The minimum absolute atomic E-state index is 0.0983. The van der Waals surface area contributed by atoms with Gasteiger partial charge < -0.3 is 11.1 Å². The summed E-state index contributed by atoms with van der Waals surface area (Å²) in [7, 11) is -4.09. The highest BCUT2D eigenvalue weighted by Gasteiger charge is 2.39. The predicted molar refractivity (Wildman–Crippen MR) is 79.7 cm³/mol. The van der Waals surface area contributed by atoms with E-state index in [2.05, 4.69) is 5.32 Å². The lowest BCUT2D eigenvalue weighted by atomic mass is 10.1. The Morgan fingerprint density at radius 1 is 1.09 bits per heavy atom. The second-order valence-electron chi connectivity index (χ2n) is 4.82. The van der Waals surface area contributed by atoms with Crippen molar-refractivity contribution in [1.29, 1.82) is 0 Å². The first-order valence-electron chi connectivity index (χ1n) is 6.43. The molecule has 3 N–H and O–H groups in total. The lowest BCUT2D eigenvalue weighted by Crippen LogP contribution is -2.20. The van der Waals surface area contributed by atoms with Crippen molar-refractivity contribution >= 4 is 27.1 Å². The number of sulfone groups is 1. The van der Waals surface area contributed by atoms with Gasteiger partial charge in [-0.3, -0.25) is 4.79 Å². The monoisotopic (exact) mass is 336 g/mol. The molecule has 0 aliphatic carbocycles. The molecule has 3 rings (SSSR count). The van der Waals surface area contributed by atoms with Gasteiger partial charge in [0, 0.05) is 11.6 Å². The van der Waals surface area contributed by atoms with Crippen LogP contribution in [0.25, 0.3) is 5.70 Å². The number of nitrogens with one attached hydrogen (secondary N) is 1. The van der Waals surface area contributed by atoms with E-state index in [-0.39, 0.29) is 21.8 Å². The first kappa shape index (κ1) is 15.2. The maximum atomic E-state index is 13.8. The Kier molecular flexibility index (Phi) is 3.41. The van der Waals surface area contributed by atoms with Gasteiger partial charge in [-0.05, 0) is 18.2 Å². The molecule has 118 valence electrons. The second kappa shape index (κ2) is 5.17. The van der Waals surface area contributed by atoms with E-state index in [1.807, 2.05) is 0 Å². The van der Waals surface area contributed by atoms with Crippen molar-refractivity contribution in [2.45, 2.75) is 4.90 Å². The van der Waals surface area contributed by atoms with Gasteiger partial charge in [0.05, 0.1) is 16.3 Å². The van der Waals surface area contributed by atoms with Gasteiger partial charge >= 0.3 is 0 Å². The number of rotatable bonds is 3. The summed E-state index contributed by atoms with van der Waals surface area (Å²) in [6.07, 6.45) is 0. The molecule has 0 saturated carbocycles. The number of hydrogen-bond acceptors (Lipinski definition) is 4. The highest BCUT2D eigenvalue weighted by atomic mass is 32.2. The fourth-order valence-corrected chi connectivity index (χ4v) is 4.01. The molecule has 2 aromatic rings. The van der Waals surface area contributed by atoms with Gasteiger partial charge in [0.15, 0.2) is 4.91 Å². The number of benzene rings is 2. The Bertz CT molecular complexity index is 968. The SMILES string of the molecule is NC(=O)C1=C(Nc2ccc(F)cc2F)c2ccccc2S1(=O)=O. The summed E-state index contributed by atoms with van der Waals surface area (Å²) in [5, 5.41) is 2.54. The molecule has 0 radical (unpaired) electrons. The normalized spacial score (nSPS) is 15.4. The van der Waals surface area contributed by atoms with Gasteiger partial charge in [-0.2, -0.15) is 0 Å². The van der Waals surface area contributed by atoms with Gasteiger partial charge in [-0.15, -0.1) is 0 Å². The number of nitrogens with two attached hydrogens (primary N) is 1. The Morgan fingerprint density at radius 2 is 1.78 bits per heavy atom. The average Bonchev–Trinajstić information content (AvgIpc) is 2.70. The van der Waals surface area contributed by atoms with E-state index < -0.39 is 32.3 Å². The maximum Gasteiger partial charge on any atom is 0.262 e. The van der Waals surface area contributed by atoms with Gasteiger partial charge in [-0.1, -0.05) is 18.2 Å². The smallest absolute Gasteiger partial charge is 0.262 e. The number of halogens is 2. The van der Waals surface area contributed by atoms with Crippen molar-refractivity contribution in [3.63, 3.8) is 0 Å². The van der Waals surface area contributed by atoms with Crippen molar-refractivity contribution in [3.8, 4) is 0 Å². The first-order chi connectivity index (χ1) is 10.8. The molecule has 1 aliphatic rings. The molecule has 0 unspecified atom stereocenters. The minimum Gasteiger partial charge on any atom is -0.365 e. The van der Waals surface area contributed by atoms with Crippen molar-refractivity contribution in [1.82, 2.24) is 0 Å². The van der Waals surface area contributed by atoms with Crippen molar-refractivity contribution in [3.05, 3.63) is 64.6 Å². The standard InChI is InChI=1S/C15H10F2N2O3S/c16-8-5-6-11(10(17)7-8)19-13-9-3-1-2-4-12(9)23(21,22)14(13)15(18)20/h1-7,19H,(H2,18,20). The highest BCUT2D eigenvalue weighted by molar-refractivity contribution is 7.97. The van der Waals surface area contributed by atoms with Crippen LogP contribution in [-0.4, -0.2) is 14.3 Å². The largest absolute Gasteiger partial charge is 0.365 e. The zero-order valence-electron chi connectivity index (χ0n) is 11.5. The molecular weight excluding hydrogens is 326 g/mol. The fourth-order valence-electron chi connectivity index (χ4n) is 2.38. The molecule has 0 spiro atoms. The summed E-state index contributed by atoms with van der Waals surface area (Å²) < 4.78 is 51.6. The quantitative estimate of drug-likeness (QED) is 0.897. The van der Waals surface area contributed by atoms with E-state index in [0.717, 1.165) is 12.1 Å². The maximum absolute atomic E-state index is 13.8. The second-order valence-corrected chi connectivity index (χ2v) is 6.67. The molecule has 1 aliphatic heterocycles. The molecule has 23 heavy (non-hydrogen) atoms. The number of fused-ring (bicyclic) bond motifs is 1. The van der Waals surface area contributed by atoms with E-state index in [4.69, 9.17) is 5.73 Å². The third-order valence-electron chi connectivity index (χ3n) is 3.36. The molecule has 1 heterocycles. The lowest BCUT2D eigenvalue weighted by Gasteiger charge is -2.10. The number of amides is 1. The molecule has 1 amide bonds. The molecule has 0 aromatic heterocycles. The molecular formula is C15H10F2N2O3S. The Labute approximate surface area is 130 Å². The molecule has 0 fully saturated rings. The third-order valence-corrected chi connectivity index (χ3v) is 5.23. The molecule has 8 heteroatoms. The van der Waals surface area contributed by atoms with Crippen molar-refractivity contribution < 1.29 is 22.0 Å². The van der Waals surface area contributed by atoms with E-state index in [1.54, 1.807) is 6.07 Å². The summed E-state index contributed by atoms with van der Waals surface area (Å²) in [5.74, 6) is -2.87. The summed E-state index contributed by atoms with van der Waals surface area (Å²) in [6.45, 7) is 0. The topological polar surface area (TPSA) is 89.3 Å². The van der Waals surface area contributed by atoms with Crippen LogP contribution in [0.2, 0.25) is 0 Å². The summed E-state index contributed by atoms with van der Waals surface area (Å²) in [5.41, 5.74) is 5.09. The highest BCUT2D eigenvalue weighted by Crippen LogP contribution is 2.39. The number of primary amides is 1. The molecule has 5 nitrogen and oxygen atoms in total. The lowest BCUT2D eigenvalue weighted by molar-refractivity contribution is -0.113. The summed E-state index contributed by atoms with van der Waals surface area (Å²) >= 11 is 0. The van der Waals surface area contributed by atoms with Crippen LogP contribution in [0.3, 0.4) is 0 Å². The number of carbonyl (C=O) groups excluding carboxylic acids is 1. The van der Waals surface area contributed by atoms with Gasteiger partial charge in [0.25, 0.3) is 5.91 Å². The van der Waals surface area contributed by atoms with Crippen LogP contribution in [0.1, 0.15) is 5.56 Å². The van der Waals surface area contributed by atoms with Gasteiger partial charge in [0.1, 0.15) is 11.6 Å². The van der Waals surface area contributed by atoms with Gasteiger partial charge in [0.2, 0.25) is 9.84 Å². The fraction of sp³-hybridized carbons (Fsp3) is 0. The van der Waals surface area contributed by atoms with Crippen LogP contribution in [0, 0.1) is 11.6 Å². The van der Waals surface area contributed by atoms with Crippen molar-refractivity contribution in [2.75, 3.05) is 5.32 Å².